The number of amides is 1. The van der Waals surface area contributed by atoms with Gasteiger partial charge in [-0.25, -0.2) is 9.37 Å². The molecule has 2 heterocycles. The van der Waals surface area contributed by atoms with Crippen molar-refractivity contribution in [2.45, 2.75) is 0 Å². The van der Waals surface area contributed by atoms with Crippen LogP contribution >= 0.6 is 34.3 Å². The predicted octanol–water partition coefficient (Wildman–Crippen LogP) is 6.37. The fourth-order valence-corrected chi connectivity index (χ4v) is 4.56. The monoisotopic (exact) mass is 486 g/mol. The Morgan fingerprint density at radius 2 is 2.00 bits per heavy atom. The number of thiophene rings is 1. The molecule has 2 aromatic heterocycles. The zero-order valence-corrected chi connectivity index (χ0v) is 19.0. The third-order valence-corrected chi connectivity index (χ3v) is 6.40. The fraction of sp³-hybridized carbons (Fsp3) is 0.0455. The number of halogens is 2. The lowest BCUT2D eigenvalue weighted by atomic mass is 10.2. The van der Waals surface area contributed by atoms with Crippen molar-refractivity contribution in [2.75, 3.05) is 17.9 Å². The maximum atomic E-state index is 13.9. The summed E-state index contributed by atoms with van der Waals surface area (Å²) in [6.45, 7) is 0. The molecule has 0 saturated heterocycles. The van der Waals surface area contributed by atoms with Gasteiger partial charge in [0.15, 0.2) is 0 Å². The molecule has 4 rings (SSSR count). The molecule has 0 fully saturated rings. The molecule has 0 aliphatic carbocycles. The van der Waals surface area contributed by atoms with Crippen molar-refractivity contribution < 1.29 is 13.9 Å². The number of aromatic nitrogens is 1. The summed E-state index contributed by atoms with van der Waals surface area (Å²) < 4.78 is 19.0. The van der Waals surface area contributed by atoms with Gasteiger partial charge in [0.2, 0.25) is 5.13 Å². The molecule has 0 saturated carbocycles. The van der Waals surface area contributed by atoms with Gasteiger partial charge in [-0.2, -0.15) is 5.10 Å². The van der Waals surface area contributed by atoms with Crippen LogP contribution in [0.25, 0.3) is 10.6 Å². The van der Waals surface area contributed by atoms with Gasteiger partial charge in [-0.3, -0.25) is 10.2 Å². The lowest BCUT2D eigenvalue weighted by Crippen LogP contribution is -2.11. The summed E-state index contributed by atoms with van der Waals surface area (Å²) in [4.78, 5) is 18.2. The lowest BCUT2D eigenvalue weighted by Gasteiger charge is -2.05. The molecule has 0 unspecified atom stereocenters. The van der Waals surface area contributed by atoms with Crippen LogP contribution in [0.2, 0.25) is 5.02 Å². The molecule has 6 nitrogen and oxygen atoms in total. The number of carbonyl (C=O) groups excluding carboxylic acids is 1. The smallest absolute Gasteiger partial charge is 0.256 e. The number of rotatable bonds is 7. The van der Waals surface area contributed by atoms with Crippen molar-refractivity contribution in [3.8, 4) is 16.3 Å². The molecule has 162 valence electrons. The highest BCUT2D eigenvalue weighted by Gasteiger charge is 2.17. The zero-order valence-electron chi connectivity index (χ0n) is 16.6. The van der Waals surface area contributed by atoms with Crippen molar-refractivity contribution >= 4 is 56.5 Å². The Morgan fingerprint density at radius 1 is 1.19 bits per heavy atom. The van der Waals surface area contributed by atoms with Crippen LogP contribution in [0.3, 0.4) is 0 Å². The van der Waals surface area contributed by atoms with E-state index in [1.165, 1.54) is 41.0 Å². The van der Waals surface area contributed by atoms with Crippen molar-refractivity contribution in [1.29, 1.82) is 0 Å². The maximum absolute atomic E-state index is 13.9. The lowest BCUT2D eigenvalue weighted by molar-refractivity contribution is 0.102. The summed E-state index contributed by atoms with van der Waals surface area (Å²) >= 11 is 8.74. The molecule has 10 heteroatoms. The minimum Gasteiger partial charge on any atom is -0.497 e. The molecule has 4 aromatic rings. The van der Waals surface area contributed by atoms with Crippen LogP contribution in [0.5, 0.6) is 5.75 Å². The van der Waals surface area contributed by atoms with E-state index in [-0.39, 0.29) is 16.5 Å². The summed E-state index contributed by atoms with van der Waals surface area (Å²) in [7, 11) is 1.57. The van der Waals surface area contributed by atoms with E-state index in [1.54, 1.807) is 37.4 Å². The number of hydrazone groups is 1. The molecule has 0 radical (unpaired) electrons. The van der Waals surface area contributed by atoms with E-state index in [0.717, 1.165) is 4.88 Å². The first-order chi connectivity index (χ1) is 15.5. The van der Waals surface area contributed by atoms with E-state index in [1.807, 2.05) is 17.5 Å². The minimum atomic E-state index is -0.478. The van der Waals surface area contributed by atoms with Crippen molar-refractivity contribution in [1.82, 2.24) is 4.98 Å². The van der Waals surface area contributed by atoms with E-state index >= 15 is 0 Å². The Labute approximate surface area is 196 Å². The van der Waals surface area contributed by atoms with Crippen molar-refractivity contribution in [2.24, 2.45) is 5.10 Å². The summed E-state index contributed by atoms with van der Waals surface area (Å²) in [5.74, 6) is -0.0888. The SMILES string of the molecule is COc1ccc(C(=O)Nc2sc(N/N=C\c3c(F)cccc3Cl)nc2-c2cccs2)cc1. The largest absolute Gasteiger partial charge is 0.497 e. The highest BCUT2D eigenvalue weighted by Crippen LogP contribution is 2.38. The summed E-state index contributed by atoms with van der Waals surface area (Å²) in [6.07, 6.45) is 1.29. The van der Waals surface area contributed by atoms with Crippen LogP contribution in [-0.2, 0) is 0 Å². The van der Waals surface area contributed by atoms with Gasteiger partial charge in [0.05, 0.1) is 23.2 Å². The van der Waals surface area contributed by atoms with Gasteiger partial charge in [-0.15, -0.1) is 11.3 Å². The first-order valence-corrected chi connectivity index (χ1v) is 11.4. The Bertz CT molecular complexity index is 1240. The Balaban J connectivity index is 1.56. The Kier molecular flexibility index (Phi) is 6.79. The van der Waals surface area contributed by atoms with E-state index in [4.69, 9.17) is 16.3 Å². The van der Waals surface area contributed by atoms with Gasteiger partial charge in [-0.1, -0.05) is 35.1 Å². The van der Waals surface area contributed by atoms with E-state index in [9.17, 15) is 9.18 Å². The van der Waals surface area contributed by atoms with Crippen LogP contribution < -0.4 is 15.5 Å². The standard InChI is InChI=1S/C22H16ClFN4O2S2/c1-30-14-9-7-13(8-10-14)20(29)27-21-19(18-6-3-11-31-18)26-22(32-21)28-25-12-15-16(23)4-2-5-17(15)24/h2-12H,1H3,(H,26,28)(H,27,29)/b25-12-. The molecule has 0 bridgehead atoms. The van der Waals surface area contributed by atoms with E-state index in [0.29, 0.717) is 27.1 Å². The second-order valence-electron chi connectivity index (χ2n) is 6.36. The van der Waals surface area contributed by atoms with Gasteiger partial charge in [0, 0.05) is 11.1 Å². The third kappa shape index (κ3) is 4.96. The highest BCUT2D eigenvalue weighted by molar-refractivity contribution is 7.21. The molecule has 32 heavy (non-hydrogen) atoms. The Hall–Kier alpha value is -3.27. The number of hydrogen-bond acceptors (Lipinski definition) is 7. The van der Waals surface area contributed by atoms with Gasteiger partial charge in [0.1, 0.15) is 22.3 Å². The molecule has 2 aromatic carbocycles. The number of nitrogens with zero attached hydrogens (tertiary/aromatic N) is 2. The highest BCUT2D eigenvalue weighted by atomic mass is 35.5. The number of methoxy groups -OCH3 is 1. The molecule has 0 spiro atoms. The summed E-state index contributed by atoms with van der Waals surface area (Å²) in [6, 6.07) is 15.0. The van der Waals surface area contributed by atoms with E-state index in [2.05, 4.69) is 20.8 Å². The molecule has 0 aliphatic rings. The van der Waals surface area contributed by atoms with Crippen molar-refractivity contribution in [3.05, 3.63) is 81.9 Å². The Morgan fingerprint density at radius 3 is 2.69 bits per heavy atom. The number of hydrogen-bond donors (Lipinski definition) is 2. The van der Waals surface area contributed by atoms with Crippen LogP contribution in [-0.4, -0.2) is 24.2 Å². The second-order valence-corrected chi connectivity index (χ2v) is 8.72. The topological polar surface area (TPSA) is 75.6 Å². The van der Waals surface area contributed by atoms with Crippen molar-refractivity contribution in [3.63, 3.8) is 0 Å². The molecule has 1 amide bonds. The second kappa shape index (κ2) is 9.90. The van der Waals surface area contributed by atoms with Crippen LogP contribution in [0, 0.1) is 5.82 Å². The number of benzene rings is 2. The van der Waals surface area contributed by atoms with Crippen LogP contribution in [0.4, 0.5) is 14.5 Å². The van der Waals surface area contributed by atoms with Gasteiger partial charge in [0.25, 0.3) is 5.91 Å². The quantitative estimate of drug-likeness (QED) is 0.235. The van der Waals surface area contributed by atoms with E-state index < -0.39 is 5.82 Å². The van der Waals surface area contributed by atoms with Gasteiger partial charge < -0.3 is 10.1 Å². The predicted molar refractivity (Wildman–Crippen MR) is 129 cm³/mol. The zero-order chi connectivity index (χ0) is 22.5. The van der Waals surface area contributed by atoms with Crippen LogP contribution in [0.1, 0.15) is 15.9 Å². The molecular formula is C22H16ClFN4O2S2. The molecule has 2 N–H and O–H groups in total. The number of nitrogens with one attached hydrogen (secondary N) is 2. The minimum absolute atomic E-state index is 0.171. The van der Waals surface area contributed by atoms with Gasteiger partial charge >= 0.3 is 0 Å². The number of thiazole rings is 1. The summed E-state index contributed by atoms with van der Waals surface area (Å²) in [5, 5.41) is 10.1. The normalized spacial score (nSPS) is 11.0. The fourth-order valence-electron chi connectivity index (χ4n) is 2.74. The molecular weight excluding hydrogens is 471 g/mol. The first-order valence-electron chi connectivity index (χ1n) is 9.28. The maximum Gasteiger partial charge on any atom is 0.256 e. The average molecular weight is 487 g/mol. The number of carbonyl (C=O) groups is 1. The average Bonchev–Trinajstić information content (AvgIpc) is 3.46. The first kappa shape index (κ1) is 21.9. The third-order valence-electron chi connectivity index (χ3n) is 4.31. The van der Waals surface area contributed by atoms with Crippen LogP contribution in [0.15, 0.2) is 65.1 Å². The molecule has 0 aliphatic heterocycles. The number of anilines is 2. The molecule has 0 atom stereocenters. The number of ether oxygens (including phenoxy) is 1. The summed E-state index contributed by atoms with van der Waals surface area (Å²) in [5.41, 5.74) is 4.06. The van der Waals surface area contributed by atoms with Gasteiger partial charge in [-0.05, 0) is 47.8 Å².